The van der Waals surface area contributed by atoms with E-state index in [0.717, 1.165) is 39.9 Å². The van der Waals surface area contributed by atoms with E-state index in [1.165, 1.54) is 38.3 Å². The fourth-order valence-corrected chi connectivity index (χ4v) is 9.00. The Balaban J connectivity index is 1.19. The number of hydrogen-bond donors (Lipinski definition) is 5. The van der Waals surface area contributed by atoms with Gasteiger partial charge in [0, 0.05) is 30.3 Å². The van der Waals surface area contributed by atoms with Crippen molar-refractivity contribution in [3.8, 4) is 5.75 Å². The highest BCUT2D eigenvalue weighted by molar-refractivity contribution is 8.41. The van der Waals surface area contributed by atoms with Gasteiger partial charge in [0.05, 0.1) is 13.1 Å². The van der Waals surface area contributed by atoms with Gasteiger partial charge in [-0.2, -0.15) is 5.10 Å². The number of rotatable bonds is 8. The molecular formula is C26H25N7O8S3. The molecule has 44 heavy (non-hydrogen) atoms. The van der Waals surface area contributed by atoms with Gasteiger partial charge < -0.3 is 30.7 Å². The molecule has 4 saturated heterocycles. The second-order valence-corrected chi connectivity index (χ2v) is 13.9. The van der Waals surface area contributed by atoms with Crippen LogP contribution in [0.2, 0.25) is 0 Å². The van der Waals surface area contributed by atoms with Crippen molar-refractivity contribution >= 4 is 69.4 Å². The first-order chi connectivity index (χ1) is 21.1. The second-order valence-electron chi connectivity index (χ2n) is 10.1. The van der Waals surface area contributed by atoms with Gasteiger partial charge in [0.2, 0.25) is 22.1 Å². The van der Waals surface area contributed by atoms with Crippen molar-refractivity contribution in [2.45, 2.75) is 22.3 Å². The SMILES string of the molecule is O=C(NC(C(=O)N[C@@H]1C(=O)N2C[C@@](C(=O)O)(N3CCN(N=C4SCCS4)C3=O)S[C@H]12)c1ccccc1)c1cc(=O)c(O)c[nH]1. The second kappa shape index (κ2) is 11.7. The molecule has 5 heterocycles. The number of β-lactam (4-membered cyclic amide) rings is 1. The Labute approximate surface area is 261 Å². The van der Waals surface area contributed by atoms with Gasteiger partial charge in [-0.1, -0.05) is 65.6 Å². The fourth-order valence-electron chi connectivity index (χ4n) is 5.20. The Bertz CT molecular complexity index is 1630. The number of fused-ring (bicyclic) bond motifs is 1. The highest BCUT2D eigenvalue weighted by Crippen LogP contribution is 2.50. The average molecular weight is 660 g/mol. The number of carbonyl (C=O) groups is 5. The molecule has 0 saturated carbocycles. The first kappa shape index (κ1) is 29.9. The van der Waals surface area contributed by atoms with E-state index < -0.39 is 63.2 Å². The Hall–Kier alpha value is -4.16. The number of thioether (sulfide) groups is 3. The Morgan fingerprint density at radius 3 is 2.50 bits per heavy atom. The van der Waals surface area contributed by atoms with Crippen LogP contribution in [0.5, 0.6) is 5.75 Å². The molecule has 0 bridgehead atoms. The highest BCUT2D eigenvalue weighted by Gasteiger charge is 2.66. The summed E-state index contributed by atoms with van der Waals surface area (Å²) in [6.07, 6.45) is 0.951. The smallest absolute Gasteiger partial charge is 0.342 e. The summed E-state index contributed by atoms with van der Waals surface area (Å²) in [5.74, 6) is -2.21. The monoisotopic (exact) mass is 659 g/mol. The Morgan fingerprint density at radius 1 is 1.09 bits per heavy atom. The first-order valence-corrected chi connectivity index (χ1v) is 16.2. The maximum atomic E-state index is 13.6. The summed E-state index contributed by atoms with van der Waals surface area (Å²) in [4.78, 5) is 80.7. The molecule has 4 aliphatic rings. The van der Waals surface area contributed by atoms with Gasteiger partial charge >= 0.3 is 12.0 Å². The molecule has 4 fully saturated rings. The molecule has 230 valence electrons. The van der Waals surface area contributed by atoms with Crippen molar-refractivity contribution in [1.82, 2.24) is 30.4 Å². The van der Waals surface area contributed by atoms with Crippen LogP contribution in [0.3, 0.4) is 0 Å². The molecule has 5 amide bonds. The molecule has 4 atom stereocenters. The van der Waals surface area contributed by atoms with E-state index in [4.69, 9.17) is 0 Å². The lowest BCUT2D eigenvalue weighted by atomic mass is 10.0. The van der Waals surface area contributed by atoms with Crippen molar-refractivity contribution in [2.75, 3.05) is 31.1 Å². The van der Waals surface area contributed by atoms with Crippen molar-refractivity contribution in [2.24, 2.45) is 5.10 Å². The number of aromatic hydroxyl groups is 1. The molecule has 0 radical (unpaired) electrons. The maximum absolute atomic E-state index is 13.6. The lowest BCUT2D eigenvalue weighted by Gasteiger charge is -2.41. The van der Waals surface area contributed by atoms with Crippen LogP contribution in [-0.2, 0) is 14.4 Å². The predicted molar refractivity (Wildman–Crippen MR) is 162 cm³/mol. The van der Waals surface area contributed by atoms with Gasteiger partial charge in [0.25, 0.3) is 5.91 Å². The summed E-state index contributed by atoms with van der Waals surface area (Å²) < 4.78 is 0.738. The molecule has 4 aliphatic heterocycles. The summed E-state index contributed by atoms with van der Waals surface area (Å²) in [7, 11) is 0. The summed E-state index contributed by atoms with van der Waals surface area (Å²) >= 11 is 3.95. The predicted octanol–water partition coefficient (Wildman–Crippen LogP) is 0.221. The number of amides is 5. The van der Waals surface area contributed by atoms with Crippen molar-refractivity contribution in [3.05, 3.63) is 64.1 Å². The van der Waals surface area contributed by atoms with Crippen LogP contribution in [0, 0.1) is 0 Å². The summed E-state index contributed by atoms with van der Waals surface area (Å²) in [5.41, 5.74) is -0.618. The Morgan fingerprint density at radius 2 is 1.82 bits per heavy atom. The molecule has 0 spiro atoms. The molecule has 1 aromatic heterocycles. The zero-order valence-corrected chi connectivity index (χ0v) is 25.1. The third kappa shape index (κ3) is 5.26. The van der Waals surface area contributed by atoms with Crippen LogP contribution in [0.4, 0.5) is 4.79 Å². The van der Waals surface area contributed by atoms with Gasteiger partial charge in [-0.15, -0.1) is 0 Å². The van der Waals surface area contributed by atoms with Crippen molar-refractivity contribution in [3.63, 3.8) is 0 Å². The summed E-state index contributed by atoms with van der Waals surface area (Å²) in [6, 6.07) is 6.10. The zero-order chi connectivity index (χ0) is 31.2. The number of aromatic nitrogens is 1. The first-order valence-electron chi connectivity index (χ1n) is 13.3. The summed E-state index contributed by atoms with van der Waals surface area (Å²) in [6.45, 7) is 0.0235. The van der Waals surface area contributed by atoms with E-state index in [9.17, 15) is 39.0 Å². The van der Waals surface area contributed by atoms with Gasteiger partial charge in [0.15, 0.2) is 10.1 Å². The van der Waals surface area contributed by atoms with Gasteiger partial charge in [-0.25, -0.2) is 14.6 Å². The fraction of sp³-hybridized carbons (Fsp3) is 0.346. The lowest BCUT2D eigenvalue weighted by Crippen LogP contribution is -2.68. The highest BCUT2D eigenvalue weighted by atomic mass is 32.2. The number of carbonyl (C=O) groups excluding carboxylic acids is 4. The van der Waals surface area contributed by atoms with E-state index >= 15 is 0 Å². The standard InChI is InChI=1S/C26H25N7O8S3/c34-15-10-14(27-11-16(15)35)19(36)28-17(13-4-2-1-3-5-13)20(37)29-18-21(38)31-12-26(23(39)40,44-22(18)31)32-6-7-33(25(32)41)30-24-42-8-9-43-24/h1-5,10-11,17-18,22,35H,6-9,12H2,(H,27,34)(H,28,36)(H,29,37)(H,39,40)/t17?,18-,22-,26-/m1/s1. The number of nitrogens with one attached hydrogen (secondary N) is 3. The van der Waals surface area contributed by atoms with Crippen LogP contribution in [-0.4, -0.2) is 112 Å². The minimum absolute atomic E-state index is 0.0947. The number of hydrogen-bond acceptors (Lipinski definition) is 11. The number of aliphatic carboxylic acids is 1. The zero-order valence-electron chi connectivity index (χ0n) is 22.7. The number of carboxylic acids is 1. The maximum Gasteiger partial charge on any atom is 0.342 e. The van der Waals surface area contributed by atoms with Gasteiger partial charge in [-0.3, -0.25) is 24.1 Å². The average Bonchev–Trinajstić information content (AvgIpc) is 3.75. The number of nitrogens with zero attached hydrogens (tertiary/aromatic N) is 4. The normalized spacial score (nSPS) is 25.0. The van der Waals surface area contributed by atoms with Crippen LogP contribution in [0.1, 0.15) is 22.1 Å². The lowest BCUT2D eigenvalue weighted by molar-refractivity contribution is -0.151. The number of aromatic amines is 1. The van der Waals surface area contributed by atoms with E-state index in [0.29, 0.717) is 5.56 Å². The molecule has 6 rings (SSSR count). The topological polar surface area (TPSA) is 205 Å². The molecule has 1 unspecified atom stereocenters. The quantitative estimate of drug-likeness (QED) is 0.243. The molecular weight excluding hydrogens is 635 g/mol. The van der Waals surface area contributed by atoms with Crippen LogP contribution in [0.15, 0.2) is 52.5 Å². The van der Waals surface area contributed by atoms with Gasteiger partial charge in [0.1, 0.15) is 23.2 Å². The van der Waals surface area contributed by atoms with E-state index in [-0.39, 0.29) is 25.3 Å². The van der Waals surface area contributed by atoms with Crippen LogP contribution in [0.25, 0.3) is 0 Å². The molecule has 1 aromatic carbocycles. The van der Waals surface area contributed by atoms with Crippen LogP contribution < -0.4 is 16.1 Å². The third-order valence-electron chi connectivity index (χ3n) is 7.44. The van der Waals surface area contributed by atoms with Crippen molar-refractivity contribution in [1.29, 1.82) is 0 Å². The van der Waals surface area contributed by atoms with E-state index in [1.807, 2.05) is 0 Å². The number of pyridine rings is 1. The van der Waals surface area contributed by atoms with Crippen molar-refractivity contribution < 1.29 is 34.2 Å². The largest absolute Gasteiger partial charge is 0.503 e. The van der Waals surface area contributed by atoms with Crippen LogP contribution >= 0.6 is 35.3 Å². The Kier molecular flexibility index (Phi) is 7.97. The number of benzene rings is 1. The van der Waals surface area contributed by atoms with Gasteiger partial charge in [-0.05, 0) is 5.56 Å². The number of carboxylic acid groups (broad SMARTS) is 1. The molecule has 2 aromatic rings. The minimum atomic E-state index is -1.78. The van der Waals surface area contributed by atoms with E-state index in [2.05, 4.69) is 20.7 Å². The number of H-pyrrole nitrogens is 1. The molecule has 18 heteroatoms. The molecule has 5 N–H and O–H groups in total. The number of urea groups is 1. The number of hydrazone groups is 1. The molecule has 15 nitrogen and oxygen atoms in total. The molecule has 0 aliphatic carbocycles. The summed E-state index contributed by atoms with van der Waals surface area (Å²) in [5, 5.41) is 29.8. The minimum Gasteiger partial charge on any atom is -0.503 e. The third-order valence-corrected chi connectivity index (χ3v) is 11.6. The van der Waals surface area contributed by atoms with E-state index in [1.54, 1.807) is 30.3 Å².